The molecule has 1 heterocycles. The van der Waals surface area contributed by atoms with Crippen molar-refractivity contribution in [2.45, 2.75) is 24.5 Å². The van der Waals surface area contributed by atoms with Gasteiger partial charge in [0.05, 0.1) is 11.4 Å². The third-order valence-corrected chi connectivity index (χ3v) is 7.88. The molecule has 0 bridgehead atoms. The Balaban J connectivity index is 1.76. The van der Waals surface area contributed by atoms with Crippen LogP contribution in [-0.4, -0.2) is 23.4 Å². The summed E-state index contributed by atoms with van der Waals surface area (Å²) in [6.07, 6.45) is 3.39. The summed E-state index contributed by atoms with van der Waals surface area (Å²) in [6, 6.07) is 21.2. The van der Waals surface area contributed by atoms with E-state index in [0.29, 0.717) is 39.5 Å². The monoisotopic (exact) mass is 588 g/mol. The number of primary sulfonamides is 1. The molecule has 11 heteroatoms. The number of anilines is 1. The van der Waals surface area contributed by atoms with Gasteiger partial charge in [0.2, 0.25) is 10.0 Å². The molecule has 0 amide bonds. The minimum Gasteiger partial charge on any atom is -0.340 e. The predicted molar refractivity (Wildman–Crippen MR) is 153 cm³/mol. The molecule has 6 nitrogen and oxygen atoms in total. The van der Waals surface area contributed by atoms with Crippen molar-refractivity contribution < 1.29 is 12.8 Å². The van der Waals surface area contributed by atoms with E-state index in [4.69, 9.17) is 40.6 Å². The van der Waals surface area contributed by atoms with Crippen LogP contribution < -0.4 is 10.0 Å². The van der Waals surface area contributed by atoms with Gasteiger partial charge in [0.1, 0.15) is 5.82 Å². The number of benzene rings is 3. The Morgan fingerprint density at radius 2 is 1.42 bits per heavy atom. The molecule has 0 unspecified atom stereocenters. The third kappa shape index (κ3) is 7.06. The van der Waals surface area contributed by atoms with Gasteiger partial charge in [-0.2, -0.15) is 0 Å². The lowest BCUT2D eigenvalue weighted by atomic mass is 10.1. The van der Waals surface area contributed by atoms with Crippen molar-refractivity contribution in [1.29, 1.82) is 0 Å². The molecule has 196 valence electrons. The summed E-state index contributed by atoms with van der Waals surface area (Å²) >= 11 is 19.0. The van der Waals surface area contributed by atoms with Crippen LogP contribution in [0, 0.1) is 5.82 Å². The number of halogens is 3. The molecule has 0 saturated carbocycles. The molecule has 3 aromatic carbocycles. The fourth-order valence-electron chi connectivity index (χ4n) is 3.80. The minimum atomic E-state index is -3.88. The van der Waals surface area contributed by atoms with Gasteiger partial charge >= 0.3 is 0 Å². The van der Waals surface area contributed by atoms with E-state index in [9.17, 15) is 12.8 Å². The van der Waals surface area contributed by atoms with E-state index < -0.39 is 10.0 Å². The SMILES string of the molecule is NS(=O)(=O)c1ccc(N(Cc2ccc(F)cc2)C(=S)N(Cc2ccncc2)Cc2c(Cl)cccc2Cl)cc1. The first kappa shape index (κ1) is 27.9. The summed E-state index contributed by atoms with van der Waals surface area (Å²) in [4.78, 5) is 7.84. The van der Waals surface area contributed by atoms with Crippen LogP contribution in [0.4, 0.5) is 10.1 Å². The van der Waals surface area contributed by atoms with Gasteiger partial charge in [0.25, 0.3) is 0 Å². The Morgan fingerprint density at radius 1 is 0.842 bits per heavy atom. The van der Waals surface area contributed by atoms with Crippen LogP contribution in [0.3, 0.4) is 0 Å². The van der Waals surface area contributed by atoms with E-state index in [-0.39, 0.29) is 17.3 Å². The Kier molecular flexibility index (Phi) is 8.96. The van der Waals surface area contributed by atoms with E-state index in [1.807, 2.05) is 21.9 Å². The van der Waals surface area contributed by atoms with Gasteiger partial charge in [0, 0.05) is 46.8 Å². The lowest BCUT2D eigenvalue weighted by molar-refractivity contribution is 0.405. The third-order valence-electron chi connectivity index (χ3n) is 5.77. The number of pyridine rings is 1. The van der Waals surface area contributed by atoms with Crippen molar-refractivity contribution in [2.75, 3.05) is 4.90 Å². The van der Waals surface area contributed by atoms with Gasteiger partial charge in [-0.25, -0.2) is 17.9 Å². The highest BCUT2D eigenvalue weighted by molar-refractivity contribution is 7.89. The zero-order valence-corrected chi connectivity index (χ0v) is 23.1. The summed E-state index contributed by atoms with van der Waals surface area (Å²) in [5, 5.41) is 6.71. The smallest absolute Gasteiger partial charge is 0.238 e. The standard InChI is InChI=1S/C27H23Cl2FN4O2S2/c28-25-2-1-3-26(29)24(25)18-33(16-20-12-14-32-15-13-20)27(37)34(17-19-4-6-21(30)7-5-19)22-8-10-23(11-9-22)38(31,35)36/h1-15H,16-18H2,(H2,31,35,36). The first-order chi connectivity index (χ1) is 18.1. The topological polar surface area (TPSA) is 79.5 Å². The van der Waals surface area contributed by atoms with E-state index >= 15 is 0 Å². The Bertz CT molecular complexity index is 1500. The molecular weight excluding hydrogens is 566 g/mol. The predicted octanol–water partition coefficient (Wildman–Crippen LogP) is 6.17. The van der Waals surface area contributed by atoms with Crippen molar-refractivity contribution in [1.82, 2.24) is 9.88 Å². The van der Waals surface area contributed by atoms with E-state index in [1.54, 1.807) is 54.9 Å². The Morgan fingerprint density at radius 3 is 2.00 bits per heavy atom. The lowest BCUT2D eigenvalue weighted by Gasteiger charge is -2.34. The molecule has 4 aromatic rings. The number of sulfonamides is 1. The highest BCUT2D eigenvalue weighted by Gasteiger charge is 2.22. The Labute approximate surface area is 236 Å². The molecule has 2 N–H and O–H groups in total. The molecule has 0 fully saturated rings. The second-order valence-electron chi connectivity index (χ2n) is 8.45. The maximum Gasteiger partial charge on any atom is 0.238 e. The summed E-state index contributed by atoms with van der Waals surface area (Å²) in [5.74, 6) is -0.354. The summed E-state index contributed by atoms with van der Waals surface area (Å²) in [7, 11) is -3.88. The number of aromatic nitrogens is 1. The van der Waals surface area contributed by atoms with Gasteiger partial charge in [-0.05, 0) is 84.0 Å². The lowest BCUT2D eigenvalue weighted by Crippen LogP contribution is -2.42. The van der Waals surface area contributed by atoms with Crippen LogP contribution in [0.25, 0.3) is 0 Å². The number of hydrogen-bond acceptors (Lipinski definition) is 4. The van der Waals surface area contributed by atoms with E-state index in [2.05, 4.69) is 4.98 Å². The van der Waals surface area contributed by atoms with Gasteiger partial charge in [-0.3, -0.25) is 4.98 Å². The summed E-state index contributed by atoms with van der Waals surface area (Å²) in [6.45, 7) is 1.00. The first-order valence-electron chi connectivity index (χ1n) is 11.4. The molecule has 0 aliphatic rings. The number of rotatable bonds is 8. The molecule has 0 atom stereocenters. The van der Waals surface area contributed by atoms with Crippen molar-refractivity contribution in [3.8, 4) is 0 Å². The highest BCUT2D eigenvalue weighted by Crippen LogP contribution is 2.29. The summed E-state index contributed by atoms with van der Waals surface area (Å²) in [5.41, 5.74) is 3.08. The van der Waals surface area contributed by atoms with Crippen LogP contribution in [-0.2, 0) is 29.7 Å². The van der Waals surface area contributed by atoms with Crippen LogP contribution in [0.15, 0.2) is 96.2 Å². The molecular formula is C27H23Cl2FN4O2S2. The molecule has 0 aliphatic heterocycles. The second-order valence-corrected chi connectivity index (χ2v) is 11.2. The fourth-order valence-corrected chi connectivity index (χ4v) is 5.13. The maximum absolute atomic E-state index is 13.6. The Hall–Kier alpha value is -3.08. The number of nitrogens with two attached hydrogens (primary N) is 1. The largest absolute Gasteiger partial charge is 0.340 e. The number of nitrogens with zero attached hydrogens (tertiary/aromatic N) is 3. The zero-order chi connectivity index (χ0) is 27.3. The number of hydrogen-bond donors (Lipinski definition) is 1. The second kappa shape index (κ2) is 12.2. The normalized spacial score (nSPS) is 11.3. The zero-order valence-electron chi connectivity index (χ0n) is 20.0. The summed E-state index contributed by atoms with van der Waals surface area (Å²) < 4.78 is 37.2. The van der Waals surface area contributed by atoms with E-state index in [1.165, 1.54) is 24.3 Å². The average molecular weight is 590 g/mol. The highest BCUT2D eigenvalue weighted by atomic mass is 35.5. The van der Waals surface area contributed by atoms with Crippen LogP contribution in [0.5, 0.6) is 0 Å². The van der Waals surface area contributed by atoms with Crippen LogP contribution in [0.2, 0.25) is 10.0 Å². The molecule has 0 aliphatic carbocycles. The van der Waals surface area contributed by atoms with Crippen LogP contribution >= 0.6 is 35.4 Å². The number of thiocarbonyl (C=S) groups is 1. The molecule has 0 saturated heterocycles. The van der Waals surface area contributed by atoms with Gasteiger partial charge in [-0.1, -0.05) is 41.4 Å². The van der Waals surface area contributed by atoms with Gasteiger partial charge in [-0.15, -0.1) is 0 Å². The average Bonchev–Trinajstić information content (AvgIpc) is 2.90. The fraction of sp³-hybridized carbons (Fsp3) is 0.111. The maximum atomic E-state index is 13.6. The van der Waals surface area contributed by atoms with Crippen molar-refractivity contribution >= 4 is 56.2 Å². The van der Waals surface area contributed by atoms with Crippen molar-refractivity contribution in [2.24, 2.45) is 5.14 Å². The van der Waals surface area contributed by atoms with Crippen molar-refractivity contribution in [3.05, 3.63) is 124 Å². The van der Waals surface area contributed by atoms with Gasteiger partial charge < -0.3 is 9.80 Å². The quantitative estimate of drug-likeness (QED) is 0.248. The molecule has 4 rings (SSSR count). The van der Waals surface area contributed by atoms with Crippen molar-refractivity contribution in [3.63, 3.8) is 0 Å². The first-order valence-corrected chi connectivity index (χ1v) is 14.1. The molecule has 0 spiro atoms. The molecule has 1 aromatic heterocycles. The molecule has 0 radical (unpaired) electrons. The van der Waals surface area contributed by atoms with Crippen LogP contribution in [0.1, 0.15) is 16.7 Å². The molecule has 38 heavy (non-hydrogen) atoms. The van der Waals surface area contributed by atoms with Gasteiger partial charge in [0.15, 0.2) is 5.11 Å². The minimum absolute atomic E-state index is 0.0228. The van der Waals surface area contributed by atoms with E-state index in [0.717, 1.165) is 11.1 Å².